The van der Waals surface area contributed by atoms with E-state index in [1.54, 1.807) is 35.4 Å². The van der Waals surface area contributed by atoms with Crippen molar-refractivity contribution in [3.63, 3.8) is 0 Å². The van der Waals surface area contributed by atoms with Crippen molar-refractivity contribution in [2.24, 2.45) is 5.92 Å². The normalized spacial score (nSPS) is 19.1. The van der Waals surface area contributed by atoms with Gasteiger partial charge in [0.1, 0.15) is 5.82 Å². The van der Waals surface area contributed by atoms with Gasteiger partial charge in [0.15, 0.2) is 5.82 Å². The largest absolute Gasteiger partial charge is 0.453 e. The van der Waals surface area contributed by atoms with Crippen molar-refractivity contribution in [3.05, 3.63) is 82.7 Å². The summed E-state index contributed by atoms with van der Waals surface area (Å²) in [6, 6.07) is 10.6. The van der Waals surface area contributed by atoms with Crippen molar-refractivity contribution in [3.8, 4) is 11.1 Å². The van der Waals surface area contributed by atoms with Crippen LogP contribution in [0.2, 0.25) is 5.02 Å². The predicted molar refractivity (Wildman–Crippen MR) is 156 cm³/mol. The third kappa shape index (κ3) is 5.99. The van der Waals surface area contributed by atoms with E-state index in [-0.39, 0.29) is 46.9 Å². The summed E-state index contributed by atoms with van der Waals surface area (Å²) in [5, 5.41) is 5.39. The molecular formula is C31H29ClF2N4O4. The summed E-state index contributed by atoms with van der Waals surface area (Å²) in [6.45, 7) is 2.06. The molecule has 0 aliphatic carbocycles. The minimum atomic E-state index is -0.889. The molecule has 3 amide bonds. The number of carbonyl (C=O) groups is 3. The van der Waals surface area contributed by atoms with Gasteiger partial charge in [-0.25, -0.2) is 13.6 Å². The molecule has 3 aromatic rings. The fourth-order valence-corrected chi connectivity index (χ4v) is 5.55. The lowest BCUT2D eigenvalue weighted by atomic mass is 9.92. The molecule has 2 atom stereocenters. The molecule has 5 rings (SSSR count). The summed E-state index contributed by atoms with van der Waals surface area (Å²) in [5.41, 5.74) is 3.02. The van der Waals surface area contributed by atoms with Gasteiger partial charge in [-0.3, -0.25) is 19.9 Å². The van der Waals surface area contributed by atoms with Gasteiger partial charge in [0.05, 0.1) is 35.1 Å². The molecule has 0 fully saturated rings. The number of aromatic nitrogens is 1. The van der Waals surface area contributed by atoms with Crippen LogP contribution in [0, 0.1) is 17.6 Å². The molecule has 3 heterocycles. The highest BCUT2D eigenvalue weighted by Crippen LogP contribution is 2.38. The number of halogens is 3. The van der Waals surface area contributed by atoms with Crippen molar-refractivity contribution < 1.29 is 27.9 Å². The summed E-state index contributed by atoms with van der Waals surface area (Å²) in [7, 11) is 1.26. The SMILES string of the molecule is COC(=O)Nc1ccc2c(c1)NC(=O)[C@@H](C)CCC[C@H](N1CCC(c3c(F)ccc(Cl)c3F)=CC1=O)c1cc-2ccn1. The molecule has 0 saturated carbocycles. The Hall–Kier alpha value is -4.31. The van der Waals surface area contributed by atoms with Gasteiger partial charge in [-0.2, -0.15) is 0 Å². The number of hydrogen-bond donors (Lipinski definition) is 2. The number of nitrogens with zero attached hydrogens (tertiary/aromatic N) is 2. The maximum absolute atomic E-state index is 14.7. The van der Waals surface area contributed by atoms with Crippen LogP contribution in [0.25, 0.3) is 16.7 Å². The number of nitrogens with one attached hydrogen (secondary N) is 2. The Morgan fingerprint density at radius 2 is 1.95 bits per heavy atom. The number of hydrogen-bond acceptors (Lipinski definition) is 5. The minimum Gasteiger partial charge on any atom is -0.453 e. The number of anilines is 2. The zero-order chi connectivity index (χ0) is 30.0. The Bertz CT molecular complexity index is 1600. The number of carbonyl (C=O) groups excluding carboxylic acids is 3. The molecule has 0 spiro atoms. The molecule has 0 unspecified atom stereocenters. The van der Waals surface area contributed by atoms with Crippen molar-refractivity contribution in [2.45, 2.75) is 38.6 Å². The van der Waals surface area contributed by atoms with Crippen LogP contribution in [0.15, 0.2) is 54.7 Å². The van der Waals surface area contributed by atoms with E-state index < -0.39 is 23.8 Å². The molecule has 2 bridgehead atoms. The lowest BCUT2D eigenvalue weighted by Gasteiger charge is -2.34. The van der Waals surface area contributed by atoms with E-state index in [9.17, 15) is 23.2 Å². The lowest BCUT2D eigenvalue weighted by Crippen LogP contribution is -2.38. The van der Waals surface area contributed by atoms with Gasteiger partial charge in [0.25, 0.3) is 0 Å². The third-order valence-electron chi connectivity index (χ3n) is 7.65. The molecule has 0 saturated heterocycles. The zero-order valence-corrected chi connectivity index (χ0v) is 23.8. The fraction of sp³-hybridized carbons (Fsp3) is 0.290. The summed E-state index contributed by atoms with van der Waals surface area (Å²) in [6.07, 6.45) is 4.22. The van der Waals surface area contributed by atoms with Gasteiger partial charge in [-0.1, -0.05) is 31.0 Å². The Kier molecular flexibility index (Phi) is 8.54. The Morgan fingerprint density at radius 1 is 1.14 bits per heavy atom. The van der Waals surface area contributed by atoms with E-state index in [0.717, 1.165) is 17.7 Å². The third-order valence-corrected chi connectivity index (χ3v) is 7.94. The molecule has 2 N–H and O–H groups in total. The van der Waals surface area contributed by atoms with Crippen LogP contribution < -0.4 is 10.6 Å². The maximum Gasteiger partial charge on any atom is 0.411 e. The second-order valence-corrected chi connectivity index (χ2v) is 10.8. The summed E-state index contributed by atoms with van der Waals surface area (Å²) < 4.78 is 33.9. The Balaban J connectivity index is 1.52. The quantitative estimate of drug-likeness (QED) is 0.319. The molecule has 1 aromatic heterocycles. The maximum atomic E-state index is 14.7. The highest BCUT2D eigenvalue weighted by Gasteiger charge is 2.31. The molecule has 2 aromatic carbocycles. The summed E-state index contributed by atoms with van der Waals surface area (Å²) in [5.74, 6) is -2.56. The minimum absolute atomic E-state index is 0.176. The van der Waals surface area contributed by atoms with E-state index in [2.05, 4.69) is 20.4 Å². The number of amides is 3. The highest BCUT2D eigenvalue weighted by atomic mass is 35.5. The van der Waals surface area contributed by atoms with Crippen molar-refractivity contribution in [1.29, 1.82) is 0 Å². The molecule has 8 nitrogen and oxygen atoms in total. The fourth-order valence-electron chi connectivity index (χ4n) is 5.40. The topological polar surface area (TPSA) is 101 Å². The molecule has 0 radical (unpaired) electrons. The summed E-state index contributed by atoms with van der Waals surface area (Å²) in [4.78, 5) is 44.6. The highest BCUT2D eigenvalue weighted by molar-refractivity contribution is 6.31. The van der Waals surface area contributed by atoms with Gasteiger partial charge in [-0.15, -0.1) is 0 Å². The van der Waals surface area contributed by atoms with Gasteiger partial charge in [0.2, 0.25) is 11.8 Å². The zero-order valence-electron chi connectivity index (χ0n) is 23.0. The van der Waals surface area contributed by atoms with Crippen LogP contribution in [0.3, 0.4) is 0 Å². The van der Waals surface area contributed by atoms with Gasteiger partial charge < -0.3 is 15.0 Å². The number of benzene rings is 2. The smallest absolute Gasteiger partial charge is 0.411 e. The van der Waals surface area contributed by atoms with Crippen molar-refractivity contribution in [1.82, 2.24) is 9.88 Å². The van der Waals surface area contributed by atoms with Crippen LogP contribution >= 0.6 is 11.6 Å². The Morgan fingerprint density at radius 3 is 2.71 bits per heavy atom. The molecule has 2 aliphatic rings. The number of pyridine rings is 1. The predicted octanol–water partition coefficient (Wildman–Crippen LogP) is 6.97. The second-order valence-electron chi connectivity index (χ2n) is 10.4. The number of methoxy groups -OCH3 is 1. The lowest BCUT2D eigenvalue weighted by molar-refractivity contribution is -0.129. The van der Waals surface area contributed by atoms with E-state index in [1.807, 2.05) is 13.0 Å². The first-order chi connectivity index (χ1) is 20.2. The number of fused-ring (bicyclic) bond motifs is 4. The summed E-state index contributed by atoms with van der Waals surface area (Å²) >= 11 is 5.89. The molecule has 218 valence electrons. The van der Waals surface area contributed by atoms with Crippen LogP contribution in [-0.4, -0.2) is 41.4 Å². The molecular weight excluding hydrogens is 566 g/mol. The molecule has 42 heavy (non-hydrogen) atoms. The van der Waals surface area contributed by atoms with Crippen molar-refractivity contribution in [2.75, 3.05) is 24.3 Å². The first-order valence-corrected chi connectivity index (χ1v) is 13.9. The van der Waals surface area contributed by atoms with Gasteiger partial charge in [0, 0.05) is 36.0 Å². The standard InChI is InChI=1S/C31H29ClF2N4O4/c1-17-4-3-5-26(38-13-11-19(15-27(38)39)28-23(33)9-8-22(32)29(28)34)25-14-18(10-12-35-25)21-7-6-20(36-31(41)42-2)16-24(21)37-30(17)40/h6-10,12,14-17,26H,3-5,11,13H2,1-2H3,(H,36,41)(H,37,40)/t17-,26-/m0/s1. The van der Waals surface area contributed by atoms with Gasteiger partial charge in [-0.05, 0) is 66.8 Å². The van der Waals surface area contributed by atoms with Crippen molar-refractivity contribution >= 4 is 46.5 Å². The number of rotatable bonds is 3. The van der Waals surface area contributed by atoms with Crippen LogP contribution in [0.4, 0.5) is 25.0 Å². The van der Waals surface area contributed by atoms with E-state index in [4.69, 9.17) is 11.6 Å². The van der Waals surface area contributed by atoms with Gasteiger partial charge >= 0.3 is 6.09 Å². The van der Waals surface area contributed by atoms with E-state index in [0.29, 0.717) is 41.9 Å². The number of ether oxygens (including phenoxy) is 1. The monoisotopic (exact) mass is 594 g/mol. The van der Waals surface area contributed by atoms with Crippen LogP contribution in [0.5, 0.6) is 0 Å². The first-order valence-electron chi connectivity index (χ1n) is 13.6. The average molecular weight is 595 g/mol. The Labute approximate surface area is 246 Å². The second kappa shape index (κ2) is 12.3. The first kappa shape index (κ1) is 29.2. The van der Waals surface area contributed by atoms with Crippen LogP contribution in [-0.2, 0) is 14.3 Å². The average Bonchev–Trinajstić information content (AvgIpc) is 2.97. The van der Waals surface area contributed by atoms with E-state index >= 15 is 0 Å². The van der Waals surface area contributed by atoms with E-state index in [1.165, 1.54) is 13.2 Å². The van der Waals surface area contributed by atoms with Crippen LogP contribution in [0.1, 0.15) is 49.9 Å². The molecule has 11 heteroatoms. The molecule has 2 aliphatic heterocycles.